The standard InChI is InChI=1S/C18H22ClNO/c1-12-6-5-7-13(2)17(12)11-21-18-9-8-15(19)10-16(18)14(3)20-4/h5-10,14,20H,11H2,1-4H3. The van der Waals surface area contributed by atoms with Gasteiger partial charge in [-0.2, -0.15) is 0 Å². The van der Waals surface area contributed by atoms with Crippen molar-refractivity contribution in [2.75, 3.05) is 7.05 Å². The lowest BCUT2D eigenvalue weighted by Crippen LogP contribution is -2.14. The van der Waals surface area contributed by atoms with Gasteiger partial charge in [0.25, 0.3) is 0 Å². The Morgan fingerprint density at radius 1 is 1.14 bits per heavy atom. The average molecular weight is 304 g/mol. The Kier molecular flexibility index (Phi) is 5.27. The number of halogens is 1. The minimum absolute atomic E-state index is 0.191. The maximum atomic E-state index is 6.10. The molecule has 3 heteroatoms. The summed E-state index contributed by atoms with van der Waals surface area (Å²) in [7, 11) is 1.93. The van der Waals surface area contributed by atoms with Gasteiger partial charge in [-0.1, -0.05) is 29.8 Å². The van der Waals surface area contributed by atoms with Gasteiger partial charge in [0.1, 0.15) is 12.4 Å². The van der Waals surface area contributed by atoms with E-state index in [1.807, 2.05) is 25.2 Å². The van der Waals surface area contributed by atoms with Crippen molar-refractivity contribution in [2.45, 2.75) is 33.4 Å². The molecule has 0 aromatic heterocycles. The van der Waals surface area contributed by atoms with Gasteiger partial charge in [0.15, 0.2) is 0 Å². The van der Waals surface area contributed by atoms with Gasteiger partial charge >= 0.3 is 0 Å². The van der Waals surface area contributed by atoms with Crippen molar-refractivity contribution in [1.29, 1.82) is 0 Å². The molecule has 1 unspecified atom stereocenters. The number of hydrogen-bond acceptors (Lipinski definition) is 2. The zero-order valence-electron chi connectivity index (χ0n) is 13.0. The lowest BCUT2D eigenvalue weighted by molar-refractivity contribution is 0.299. The predicted octanol–water partition coefficient (Wildman–Crippen LogP) is 4.82. The SMILES string of the molecule is CNC(C)c1cc(Cl)ccc1OCc1c(C)cccc1C. The molecule has 21 heavy (non-hydrogen) atoms. The molecule has 0 radical (unpaired) electrons. The van der Waals surface area contributed by atoms with Crippen LogP contribution < -0.4 is 10.1 Å². The molecule has 1 N–H and O–H groups in total. The molecule has 0 amide bonds. The summed E-state index contributed by atoms with van der Waals surface area (Å²) in [5, 5.41) is 3.96. The lowest BCUT2D eigenvalue weighted by Gasteiger charge is -2.18. The van der Waals surface area contributed by atoms with E-state index in [0.717, 1.165) is 16.3 Å². The molecule has 2 rings (SSSR count). The van der Waals surface area contributed by atoms with Crippen LogP contribution in [0.5, 0.6) is 5.75 Å². The minimum atomic E-state index is 0.191. The van der Waals surface area contributed by atoms with Crippen LogP contribution >= 0.6 is 11.6 Å². The van der Waals surface area contributed by atoms with E-state index in [1.165, 1.54) is 16.7 Å². The van der Waals surface area contributed by atoms with Crippen LogP contribution in [0.25, 0.3) is 0 Å². The van der Waals surface area contributed by atoms with Crippen molar-refractivity contribution in [2.24, 2.45) is 0 Å². The zero-order valence-corrected chi connectivity index (χ0v) is 13.8. The average Bonchev–Trinajstić information content (AvgIpc) is 2.47. The summed E-state index contributed by atoms with van der Waals surface area (Å²) in [5.41, 5.74) is 4.84. The van der Waals surface area contributed by atoms with Crippen molar-refractivity contribution in [3.63, 3.8) is 0 Å². The van der Waals surface area contributed by atoms with Gasteiger partial charge in [-0.25, -0.2) is 0 Å². The number of aryl methyl sites for hydroxylation is 2. The van der Waals surface area contributed by atoms with Crippen LogP contribution in [0.3, 0.4) is 0 Å². The summed E-state index contributed by atoms with van der Waals surface area (Å²) in [6.45, 7) is 6.90. The molecule has 0 bridgehead atoms. The summed E-state index contributed by atoms with van der Waals surface area (Å²) >= 11 is 6.10. The monoisotopic (exact) mass is 303 g/mol. The van der Waals surface area contributed by atoms with Gasteiger partial charge in [0, 0.05) is 16.6 Å². The highest BCUT2D eigenvalue weighted by atomic mass is 35.5. The normalized spacial score (nSPS) is 12.2. The Balaban J connectivity index is 2.24. The van der Waals surface area contributed by atoms with Crippen molar-refractivity contribution >= 4 is 11.6 Å². The number of benzene rings is 2. The summed E-state index contributed by atoms with van der Waals surface area (Å²) in [5.74, 6) is 0.879. The number of hydrogen-bond donors (Lipinski definition) is 1. The first-order chi connectivity index (χ1) is 10.0. The Hall–Kier alpha value is -1.51. The third-order valence-corrected chi connectivity index (χ3v) is 4.12. The van der Waals surface area contributed by atoms with E-state index in [2.05, 4.69) is 44.3 Å². The number of rotatable bonds is 5. The predicted molar refractivity (Wildman–Crippen MR) is 89.2 cm³/mol. The smallest absolute Gasteiger partial charge is 0.124 e. The molecule has 2 aromatic carbocycles. The molecular weight excluding hydrogens is 282 g/mol. The Bertz CT molecular complexity index is 604. The van der Waals surface area contributed by atoms with Crippen LogP contribution in [0.1, 0.15) is 35.2 Å². The summed E-state index contributed by atoms with van der Waals surface area (Å²) in [6, 6.07) is 12.3. The highest BCUT2D eigenvalue weighted by Crippen LogP contribution is 2.29. The fourth-order valence-electron chi connectivity index (χ4n) is 2.37. The summed E-state index contributed by atoms with van der Waals surface area (Å²) < 4.78 is 6.06. The molecule has 0 aliphatic carbocycles. The topological polar surface area (TPSA) is 21.3 Å². The van der Waals surface area contributed by atoms with E-state index in [0.29, 0.717) is 6.61 Å². The van der Waals surface area contributed by atoms with E-state index >= 15 is 0 Å². The van der Waals surface area contributed by atoms with E-state index < -0.39 is 0 Å². The Morgan fingerprint density at radius 3 is 2.43 bits per heavy atom. The second-order valence-corrected chi connectivity index (χ2v) is 5.79. The highest BCUT2D eigenvalue weighted by molar-refractivity contribution is 6.30. The van der Waals surface area contributed by atoms with Gasteiger partial charge in [-0.15, -0.1) is 0 Å². The van der Waals surface area contributed by atoms with Crippen LogP contribution in [0.2, 0.25) is 5.02 Å². The zero-order chi connectivity index (χ0) is 15.4. The third kappa shape index (κ3) is 3.78. The van der Waals surface area contributed by atoms with Crippen molar-refractivity contribution in [1.82, 2.24) is 5.32 Å². The van der Waals surface area contributed by atoms with Crippen molar-refractivity contribution in [3.05, 3.63) is 63.7 Å². The maximum Gasteiger partial charge on any atom is 0.124 e. The van der Waals surface area contributed by atoms with Gasteiger partial charge in [-0.3, -0.25) is 0 Å². The fourth-order valence-corrected chi connectivity index (χ4v) is 2.55. The molecule has 0 aliphatic heterocycles. The maximum absolute atomic E-state index is 6.10. The third-order valence-electron chi connectivity index (χ3n) is 3.89. The van der Waals surface area contributed by atoms with Crippen LogP contribution in [-0.2, 0) is 6.61 Å². The first kappa shape index (κ1) is 15.9. The quantitative estimate of drug-likeness (QED) is 0.855. The molecule has 0 heterocycles. The Labute approximate surface area is 132 Å². The molecule has 2 nitrogen and oxygen atoms in total. The van der Waals surface area contributed by atoms with E-state index in [-0.39, 0.29) is 6.04 Å². The van der Waals surface area contributed by atoms with E-state index in [4.69, 9.17) is 16.3 Å². The molecule has 0 saturated carbocycles. The number of nitrogens with one attached hydrogen (secondary N) is 1. The molecular formula is C18H22ClNO. The van der Waals surface area contributed by atoms with Gasteiger partial charge in [0.05, 0.1) is 0 Å². The molecule has 0 fully saturated rings. The number of ether oxygens (including phenoxy) is 1. The van der Waals surface area contributed by atoms with E-state index in [1.54, 1.807) is 0 Å². The lowest BCUT2D eigenvalue weighted by atomic mass is 10.0. The first-order valence-corrected chi connectivity index (χ1v) is 7.55. The van der Waals surface area contributed by atoms with Gasteiger partial charge in [0.2, 0.25) is 0 Å². The van der Waals surface area contributed by atoms with Crippen LogP contribution in [-0.4, -0.2) is 7.05 Å². The van der Waals surface area contributed by atoms with Crippen molar-refractivity contribution < 1.29 is 4.74 Å². The summed E-state index contributed by atoms with van der Waals surface area (Å²) in [6.07, 6.45) is 0. The molecule has 2 aromatic rings. The molecule has 112 valence electrons. The largest absolute Gasteiger partial charge is 0.489 e. The van der Waals surface area contributed by atoms with Crippen LogP contribution in [0.4, 0.5) is 0 Å². The molecule has 0 aliphatic rings. The second kappa shape index (κ2) is 6.97. The molecule has 0 spiro atoms. The Morgan fingerprint density at radius 2 is 1.81 bits per heavy atom. The first-order valence-electron chi connectivity index (χ1n) is 7.17. The van der Waals surface area contributed by atoms with Crippen molar-refractivity contribution in [3.8, 4) is 5.75 Å². The minimum Gasteiger partial charge on any atom is -0.489 e. The fraction of sp³-hybridized carbons (Fsp3) is 0.333. The van der Waals surface area contributed by atoms with Gasteiger partial charge in [-0.05, 0) is 62.7 Å². The van der Waals surface area contributed by atoms with Crippen LogP contribution in [0, 0.1) is 13.8 Å². The highest BCUT2D eigenvalue weighted by Gasteiger charge is 2.12. The second-order valence-electron chi connectivity index (χ2n) is 5.35. The summed E-state index contributed by atoms with van der Waals surface area (Å²) in [4.78, 5) is 0. The molecule has 0 saturated heterocycles. The molecule has 1 atom stereocenters. The van der Waals surface area contributed by atoms with E-state index in [9.17, 15) is 0 Å². The van der Waals surface area contributed by atoms with Crippen LogP contribution in [0.15, 0.2) is 36.4 Å². The van der Waals surface area contributed by atoms with Gasteiger partial charge < -0.3 is 10.1 Å².